The molecule has 3 rings (SSSR count). The molecule has 0 unspecified atom stereocenters. The zero-order valence-corrected chi connectivity index (χ0v) is 18.1. The Balaban J connectivity index is 1.82. The van der Waals surface area contributed by atoms with Gasteiger partial charge in [-0.1, -0.05) is 19.1 Å². The summed E-state index contributed by atoms with van der Waals surface area (Å²) in [6.45, 7) is 3.66. The number of carbonyl (C=O) groups is 3. The van der Waals surface area contributed by atoms with Crippen molar-refractivity contribution in [3.8, 4) is 0 Å². The van der Waals surface area contributed by atoms with Crippen LogP contribution in [0.3, 0.4) is 0 Å². The fourth-order valence-corrected chi connectivity index (χ4v) is 4.55. The van der Waals surface area contributed by atoms with Gasteiger partial charge in [-0.2, -0.15) is 4.31 Å². The van der Waals surface area contributed by atoms with Crippen LogP contribution in [-0.4, -0.2) is 50.1 Å². The number of carbonyl (C=O) groups excluding carboxylic acids is 3. The summed E-state index contributed by atoms with van der Waals surface area (Å²) in [5, 5.41) is 8.12. The number of rotatable bonds is 6. The Hall–Kier alpha value is -3.24. The van der Waals surface area contributed by atoms with Gasteiger partial charge in [-0.05, 0) is 42.8 Å². The minimum absolute atomic E-state index is 0.0597. The number of amides is 3. The summed E-state index contributed by atoms with van der Waals surface area (Å²) >= 11 is 0. The molecular weight excluding hydrogens is 420 g/mol. The van der Waals surface area contributed by atoms with Gasteiger partial charge in [0.2, 0.25) is 21.8 Å². The first-order valence-electron chi connectivity index (χ1n) is 9.80. The second kappa shape index (κ2) is 9.27. The van der Waals surface area contributed by atoms with Crippen LogP contribution in [0.5, 0.6) is 0 Å². The van der Waals surface area contributed by atoms with Gasteiger partial charge in [0, 0.05) is 36.4 Å². The molecule has 0 saturated carbocycles. The molecule has 1 fully saturated rings. The molecule has 9 nitrogen and oxygen atoms in total. The van der Waals surface area contributed by atoms with E-state index in [1.54, 1.807) is 32.0 Å². The molecule has 1 heterocycles. The smallest absolute Gasteiger partial charge is 0.255 e. The average molecular weight is 445 g/mol. The third-order valence-corrected chi connectivity index (χ3v) is 6.76. The predicted octanol–water partition coefficient (Wildman–Crippen LogP) is 1.72. The number of anilines is 2. The van der Waals surface area contributed by atoms with Crippen LogP contribution < -0.4 is 16.0 Å². The van der Waals surface area contributed by atoms with Crippen LogP contribution in [0.1, 0.15) is 29.3 Å². The molecule has 2 aromatic carbocycles. The molecule has 1 saturated heterocycles. The number of piperazine rings is 1. The molecule has 0 bridgehead atoms. The highest BCUT2D eigenvalue weighted by atomic mass is 32.2. The fourth-order valence-electron chi connectivity index (χ4n) is 3.11. The van der Waals surface area contributed by atoms with E-state index in [2.05, 4.69) is 16.0 Å². The van der Waals surface area contributed by atoms with E-state index < -0.39 is 15.9 Å². The summed E-state index contributed by atoms with van der Waals surface area (Å²) in [6.07, 6.45) is 0.329. The van der Waals surface area contributed by atoms with Gasteiger partial charge in [0.25, 0.3) is 5.91 Å². The Bertz CT molecular complexity index is 1130. The number of sulfonamides is 1. The van der Waals surface area contributed by atoms with Crippen molar-refractivity contribution < 1.29 is 22.8 Å². The van der Waals surface area contributed by atoms with Crippen molar-refractivity contribution >= 4 is 39.1 Å². The Kier molecular flexibility index (Phi) is 6.71. The second-order valence-electron chi connectivity index (χ2n) is 7.05. The van der Waals surface area contributed by atoms with Crippen molar-refractivity contribution in [1.29, 1.82) is 0 Å². The highest BCUT2D eigenvalue weighted by molar-refractivity contribution is 7.89. The number of hydrogen-bond acceptors (Lipinski definition) is 5. The van der Waals surface area contributed by atoms with Gasteiger partial charge in [0.05, 0.1) is 11.4 Å². The van der Waals surface area contributed by atoms with Crippen molar-refractivity contribution in [2.24, 2.45) is 0 Å². The molecule has 2 aromatic rings. The predicted molar refractivity (Wildman–Crippen MR) is 116 cm³/mol. The van der Waals surface area contributed by atoms with E-state index in [0.717, 1.165) is 4.31 Å². The van der Waals surface area contributed by atoms with Crippen molar-refractivity contribution in [2.45, 2.75) is 25.2 Å². The standard InChI is InChI=1S/C21H24N4O5S/c1-3-19(26)23-17-8-5-9-18(14(17)2)24-21(28)15-6-4-7-16(12-15)31(29,30)25-11-10-22-20(27)13-25/h4-9,12H,3,10-11,13H2,1-2H3,(H,22,27)(H,23,26)(H,24,28). The minimum atomic E-state index is -3.91. The molecule has 0 aromatic heterocycles. The maximum atomic E-state index is 12.9. The van der Waals surface area contributed by atoms with E-state index in [9.17, 15) is 22.8 Å². The van der Waals surface area contributed by atoms with Crippen LogP contribution in [0.4, 0.5) is 11.4 Å². The number of benzene rings is 2. The molecule has 10 heteroatoms. The highest BCUT2D eigenvalue weighted by Gasteiger charge is 2.29. The van der Waals surface area contributed by atoms with E-state index in [1.165, 1.54) is 24.3 Å². The van der Waals surface area contributed by atoms with Crippen LogP contribution >= 0.6 is 0 Å². The molecule has 0 spiro atoms. The summed E-state index contributed by atoms with van der Waals surface area (Å²) < 4.78 is 26.8. The van der Waals surface area contributed by atoms with Crippen LogP contribution in [0.25, 0.3) is 0 Å². The zero-order valence-electron chi connectivity index (χ0n) is 17.3. The van der Waals surface area contributed by atoms with Gasteiger partial charge in [-0.15, -0.1) is 0 Å². The average Bonchev–Trinajstić information content (AvgIpc) is 2.76. The van der Waals surface area contributed by atoms with Crippen LogP contribution in [0, 0.1) is 6.92 Å². The Morgan fingerprint density at radius 1 is 1.10 bits per heavy atom. The lowest BCUT2D eigenvalue weighted by molar-refractivity contribution is -0.122. The first-order chi connectivity index (χ1) is 14.7. The Morgan fingerprint density at radius 3 is 2.45 bits per heavy atom. The Labute approximate surface area is 180 Å². The molecule has 3 amide bonds. The van der Waals surface area contributed by atoms with E-state index in [4.69, 9.17) is 0 Å². The lowest BCUT2D eigenvalue weighted by Gasteiger charge is -2.26. The van der Waals surface area contributed by atoms with Crippen LogP contribution in [0.2, 0.25) is 0 Å². The lowest BCUT2D eigenvalue weighted by Crippen LogP contribution is -2.49. The van der Waals surface area contributed by atoms with Gasteiger partial charge < -0.3 is 16.0 Å². The van der Waals surface area contributed by atoms with Crippen LogP contribution in [0.15, 0.2) is 47.4 Å². The van der Waals surface area contributed by atoms with E-state index in [-0.39, 0.29) is 41.9 Å². The summed E-state index contributed by atoms with van der Waals surface area (Å²) in [6, 6.07) is 10.8. The molecule has 0 aliphatic carbocycles. The van der Waals surface area contributed by atoms with E-state index in [1.807, 2.05) is 0 Å². The number of nitrogens with one attached hydrogen (secondary N) is 3. The third-order valence-electron chi connectivity index (χ3n) is 4.91. The molecule has 1 aliphatic heterocycles. The topological polar surface area (TPSA) is 125 Å². The maximum absolute atomic E-state index is 12.9. The molecule has 0 radical (unpaired) electrons. The summed E-state index contributed by atoms with van der Waals surface area (Å²) in [7, 11) is -3.91. The third kappa shape index (κ3) is 5.09. The SMILES string of the molecule is CCC(=O)Nc1cccc(NC(=O)c2cccc(S(=O)(=O)N3CCNC(=O)C3)c2)c1C. The zero-order chi connectivity index (χ0) is 22.6. The van der Waals surface area contributed by atoms with Crippen molar-refractivity contribution in [2.75, 3.05) is 30.3 Å². The van der Waals surface area contributed by atoms with Gasteiger partial charge in [0.1, 0.15) is 0 Å². The fraction of sp³-hybridized carbons (Fsp3) is 0.286. The van der Waals surface area contributed by atoms with Crippen molar-refractivity contribution in [1.82, 2.24) is 9.62 Å². The molecule has 0 atom stereocenters. The Morgan fingerprint density at radius 2 is 1.77 bits per heavy atom. The normalized spacial score (nSPS) is 14.6. The van der Waals surface area contributed by atoms with Gasteiger partial charge in [-0.25, -0.2) is 8.42 Å². The molecular formula is C21H24N4O5S. The van der Waals surface area contributed by atoms with Gasteiger partial charge >= 0.3 is 0 Å². The number of nitrogens with zero attached hydrogens (tertiary/aromatic N) is 1. The van der Waals surface area contributed by atoms with Gasteiger partial charge in [-0.3, -0.25) is 14.4 Å². The van der Waals surface area contributed by atoms with Crippen LogP contribution in [-0.2, 0) is 19.6 Å². The number of hydrogen-bond donors (Lipinski definition) is 3. The molecule has 1 aliphatic rings. The molecule has 3 N–H and O–H groups in total. The summed E-state index contributed by atoms with van der Waals surface area (Å²) in [5.74, 6) is -0.999. The lowest BCUT2D eigenvalue weighted by atomic mass is 10.1. The van der Waals surface area contributed by atoms with E-state index >= 15 is 0 Å². The monoisotopic (exact) mass is 444 g/mol. The molecule has 164 valence electrons. The van der Waals surface area contributed by atoms with Crippen molar-refractivity contribution in [3.63, 3.8) is 0 Å². The first kappa shape index (κ1) is 22.4. The minimum Gasteiger partial charge on any atom is -0.354 e. The summed E-state index contributed by atoms with van der Waals surface area (Å²) in [4.78, 5) is 36.0. The second-order valence-corrected chi connectivity index (χ2v) is 8.99. The van der Waals surface area contributed by atoms with Gasteiger partial charge in [0.15, 0.2) is 0 Å². The first-order valence-corrected chi connectivity index (χ1v) is 11.2. The summed E-state index contributed by atoms with van der Waals surface area (Å²) in [5.41, 5.74) is 1.93. The largest absolute Gasteiger partial charge is 0.354 e. The molecule has 31 heavy (non-hydrogen) atoms. The quantitative estimate of drug-likeness (QED) is 0.626. The maximum Gasteiger partial charge on any atom is 0.255 e. The van der Waals surface area contributed by atoms with Crippen molar-refractivity contribution in [3.05, 3.63) is 53.6 Å². The highest BCUT2D eigenvalue weighted by Crippen LogP contribution is 2.25. The van der Waals surface area contributed by atoms with E-state index in [0.29, 0.717) is 23.4 Å².